The number of alkyl carbamates (subject to hydrolysis) is 2. The van der Waals surface area contributed by atoms with Crippen molar-refractivity contribution in [3.63, 3.8) is 0 Å². The van der Waals surface area contributed by atoms with Gasteiger partial charge in [0.15, 0.2) is 0 Å². The third-order valence-corrected chi connectivity index (χ3v) is 14.2. The summed E-state index contributed by atoms with van der Waals surface area (Å²) in [4.78, 5) is 72.1. The second-order valence-electron chi connectivity index (χ2n) is 19.6. The lowest BCUT2D eigenvalue weighted by atomic mass is 9.81. The van der Waals surface area contributed by atoms with Gasteiger partial charge in [-0.2, -0.15) is 0 Å². The number of hydrogen-bond donors (Lipinski definition) is 4. The first-order valence-electron chi connectivity index (χ1n) is 23.7. The first-order chi connectivity index (χ1) is 32.2. The summed E-state index contributed by atoms with van der Waals surface area (Å²) >= 11 is 0. The van der Waals surface area contributed by atoms with Crippen molar-refractivity contribution in [3.05, 3.63) is 95.8 Å². The highest BCUT2D eigenvalue weighted by molar-refractivity contribution is 5.87. The molecule has 2 bridgehead atoms. The maximum Gasteiger partial charge on any atom is 0.407 e. The van der Waals surface area contributed by atoms with Crippen LogP contribution in [-0.4, -0.2) is 93.1 Å². The second kappa shape index (κ2) is 18.7. The number of carbonyl (C=O) groups is 4. The zero-order chi connectivity index (χ0) is 47.3. The van der Waals surface area contributed by atoms with Crippen LogP contribution in [0.25, 0.3) is 44.8 Å². The van der Waals surface area contributed by atoms with E-state index in [4.69, 9.17) is 24.2 Å². The minimum Gasteiger partial charge on any atom is -0.453 e. The van der Waals surface area contributed by atoms with E-state index in [1.807, 2.05) is 49.9 Å². The zero-order valence-electron chi connectivity index (χ0n) is 39.6. The van der Waals surface area contributed by atoms with Crippen molar-refractivity contribution in [1.82, 2.24) is 40.4 Å². The van der Waals surface area contributed by atoms with Gasteiger partial charge in [0.05, 0.1) is 62.3 Å². The molecule has 3 fully saturated rings. The number of amides is 4. The van der Waals surface area contributed by atoms with Crippen LogP contribution in [0.15, 0.2) is 73.1 Å². The predicted molar refractivity (Wildman–Crippen MR) is 253 cm³/mol. The minimum atomic E-state index is -0.704. The van der Waals surface area contributed by atoms with E-state index >= 15 is 0 Å². The number of nitrogens with zero attached hydrogens (tertiary/aromatic N) is 4. The quantitative estimate of drug-likeness (QED) is 0.0948. The van der Waals surface area contributed by atoms with Crippen LogP contribution in [0.2, 0.25) is 0 Å². The van der Waals surface area contributed by atoms with Crippen molar-refractivity contribution in [3.8, 4) is 44.8 Å². The SMILES string of the molecule is COC(=O)N[C@H](C(=O)N1C[C@H](C)C[C@H]1c1ncc(-c2ccc(-c3ccc(-c4ccc(-c5cnc([C@@H]6C[C@@H](C)CN6C(=O)[C@@H](NC(=O)OC)C(C)C)[nH]5)cc4)c4c3C3CCC4O3)cc2)[nH]1)C(C)C. The van der Waals surface area contributed by atoms with E-state index in [0.29, 0.717) is 13.1 Å². The van der Waals surface area contributed by atoms with Crippen LogP contribution in [0.3, 0.4) is 0 Å². The van der Waals surface area contributed by atoms with E-state index < -0.39 is 24.3 Å². The number of likely N-dealkylation sites (tertiary alicyclic amines) is 2. The summed E-state index contributed by atoms with van der Waals surface area (Å²) in [6.07, 6.45) is 6.02. The molecule has 0 aliphatic carbocycles. The third kappa shape index (κ3) is 8.81. The van der Waals surface area contributed by atoms with Crippen LogP contribution in [0.1, 0.15) is 114 Å². The van der Waals surface area contributed by atoms with E-state index in [0.717, 1.165) is 71.0 Å². The summed E-state index contributed by atoms with van der Waals surface area (Å²) in [5.41, 5.74) is 10.8. The Morgan fingerprint density at radius 3 is 1.34 bits per heavy atom. The van der Waals surface area contributed by atoms with Crippen LogP contribution >= 0.6 is 0 Å². The van der Waals surface area contributed by atoms with E-state index in [-0.39, 0.29) is 59.8 Å². The summed E-state index contributed by atoms with van der Waals surface area (Å²) in [5.74, 6) is 1.50. The molecule has 0 saturated carbocycles. The Hall–Kier alpha value is -6.48. The number of ether oxygens (including phenoxy) is 3. The van der Waals surface area contributed by atoms with E-state index in [1.54, 1.807) is 0 Å². The zero-order valence-corrected chi connectivity index (χ0v) is 39.6. The summed E-state index contributed by atoms with van der Waals surface area (Å²) in [7, 11) is 2.60. The largest absolute Gasteiger partial charge is 0.453 e. The van der Waals surface area contributed by atoms with Gasteiger partial charge in [0.25, 0.3) is 0 Å². The highest BCUT2D eigenvalue weighted by atomic mass is 16.5. The lowest BCUT2D eigenvalue weighted by molar-refractivity contribution is -0.136. The molecule has 15 nitrogen and oxygen atoms in total. The number of aromatic amines is 2. The Balaban J connectivity index is 0.919. The van der Waals surface area contributed by atoms with Gasteiger partial charge in [0.1, 0.15) is 23.7 Å². The Morgan fingerprint density at radius 2 is 0.985 bits per heavy atom. The normalized spacial score (nSPS) is 22.8. The first-order valence-corrected chi connectivity index (χ1v) is 23.7. The molecule has 2 aromatic heterocycles. The molecule has 9 rings (SSSR count). The molecule has 15 heteroatoms. The monoisotopic (exact) mass is 910 g/mol. The molecule has 3 saturated heterocycles. The van der Waals surface area contributed by atoms with Crippen LogP contribution < -0.4 is 10.6 Å². The van der Waals surface area contributed by atoms with E-state index in [2.05, 4.69) is 95.1 Å². The molecular weight excluding hydrogens is 849 g/mol. The fourth-order valence-corrected chi connectivity index (χ4v) is 10.7. The van der Waals surface area contributed by atoms with Crippen LogP contribution in [0.5, 0.6) is 0 Å². The number of hydrogen-bond acceptors (Lipinski definition) is 9. The number of benzene rings is 3. The maximum atomic E-state index is 13.8. The summed E-state index contributed by atoms with van der Waals surface area (Å²) in [6, 6.07) is 19.7. The van der Waals surface area contributed by atoms with Crippen molar-refractivity contribution in [1.29, 1.82) is 0 Å². The van der Waals surface area contributed by atoms with E-state index in [1.165, 1.54) is 36.5 Å². The van der Waals surface area contributed by atoms with Crippen LogP contribution in [0, 0.1) is 23.7 Å². The fraction of sp³-hybridized carbons (Fsp3) is 0.462. The fourth-order valence-electron chi connectivity index (χ4n) is 10.7. The number of fused-ring (bicyclic) bond motifs is 5. The molecule has 67 heavy (non-hydrogen) atoms. The molecule has 4 aliphatic rings. The number of H-pyrrole nitrogens is 2. The van der Waals surface area contributed by atoms with Gasteiger partial charge in [-0.25, -0.2) is 19.6 Å². The molecule has 8 atom stereocenters. The molecule has 5 aromatic rings. The Kier molecular flexibility index (Phi) is 12.7. The lowest BCUT2D eigenvalue weighted by Gasteiger charge is -2.30. The minimum absolute atomic E-state index is 0.0434. The highest BCUT2D eigenvalue weighted by Gasteiger charge is 2.43. The summed E-state index contributed by atoms with van der Waals surface area (Å²) < 4.78 is 16.2. The molecule has 4 aliphatic heterocycles. The maximum absolute atomic E-state index is 13.8. The predicted octanol–water partition coefficient (Wildman–Crippen LogP) is 9.29. The number of methoxy groups -OCH3 is 2. The number of carbonyl (C=O) groups excluding carboxylic acids is 4. The molecule has 4 amide bonds. The van der Waals surface area contributed by atoms with Crippen molar-refractivity contribution in [2.24, 2.45) is 23.7 Å². The molecule has 4 N–H and O–H groups in total. The Bertz CT molecular complexity index is 2460. The van der Waals surface area contributed by atoms with Gasteiger partial charge in [0, 0.05) is 13.1 Å². The molecule has 3 aromatic carbocycles. The molecule has 0 radical (unpaired) electrons. The summed E-state index contributed by atoms with van der Waals surface area (Å²) in [5, 5.41) is 5.46. The van der Waals surface area contributed by atoms with E-state index in [9.17, 15) is 19.2 Å². The first kappa shape index (κ1) is 45.7. The highest BCUT2D eigenvalue weighted by Crippen LogP contribution is 2.56. The lowest BCUT2D eigenvalue weighted by Crippen LogP contribution is -2.51. The van der Waals surface area contributed by atoms with Gasteiger partial charge in [-0.1, -0.05) is 102 Å². The number of imidazole rings is 2. The molecule has 2 unspecified atom stereocenters. The molecular formula is C52H62N8O7. The Morgan fingerprint density at radius 1 is 0.612 bits per heavy atom. The third-order valence-electron chi connectivity index (χ3n) is 14.2. The number of rotatable bonds is 12. The molecule has 6 heterocycles. The van der Waals surface area contributed by atoms with Crippen molar-refractivity contribution < 1.29 is 33.4 Å². The van der Waals surface area contributed by atoms with Crippen molar-refractivity contribution >= 4 is 24.0 Å². The van der Waals surface area contributed by atoms with Gasteiger partial charge < -0.3 is 44.6 Å². The molecule has 0 spiro atoms. The van der Waals surface area contributed by atoms with Gasteiger partial charge in [-0.05, 0) is 93.9 Å². The van der Waals surface area contributed by atoms with Crippen LogP contribution in [0.4, 0.5) is 9.59 Å². The Labute approximate surface area is 391 Å². The van der Waals surface area contributed by atoms with Crippen LogP contribution in [-0.2, 0) is 23.8 Å². The van der Waals surface area contributed by atoms with Crippen molar-refractivity contribution in [2.45, 2.75) is 104 Å². The number of nitrogens with one attached hydrogen (secondary N) is 4. The standard InChI is InChI=1S/C52H62N8O7/c1-27(2)45(57-51(63)65-7)49(61)59-25-29(5)21-39(59)47-53-23-37(55-47)33-13-9-31(10-14-33)35-17-18-36(44-42-20-19-41(67-42)43(35)44)32-11-15-34(16-12-32)38-24-54-48(56-38)40-22-30(6)26-60(40)50(62)46(28(3)4)58-52(64)66-8/h9-18,23-24,27-30,39-42,45-46H,19-22,25-26H2,1-8H3,(H,53,55)(H,54,56)(H,57,63)(H,58,64)/t29-,30-,39+,40+,41?,42?,45+,46+/m1/s1. The van der Waals surface area contributed by atoms with Gasteiger partial charge in [0.2, 0.25) is 11.8 Å². The van der Waals surface area contributed by atoms with Gasteiger partial charge in [-0.3, -0.25) is 9.59 Å². The van der Waals surface area contributed by atoms with Gasteiger partial charge >= 0.3 is 12.2 Å². The van der Waals surface area contributed by atoms with Crippen molar-refractivity contribution in [2.75, 3.05) is 27.3 Å². The molecule has 352 valence electrons. The summed E-state index contributed by atoms with van der Waals surface area (Å²) in [6.45, 7) is 13.1. The average molecular weight is 911 g/mol. The average Bonchev–Trinajstić information content (AvgIpc) is 4.21. The second-order valence-corrected chi connectivity index (χ2v) is 19.6. The smallest absolute Gasteiger partial charge is 0.407 e. The topological polar surface area (TPSA) is 184 Å². The van der Waals surface area contributed by atoms with Gasteiger partial charge in [-0.15, -0.1) is 0 Å². The number of aromatic nitrogens is 4.